The van der Waals surface area contributed by atoms with Crippen molar-refractivity contribution >= 4 is 28.0 Å². The fraction of sp³-hybridized carbons (Fsp3) is 0.400. The van der Waals surface area contributed by atoms with Crippen LogP contribution in [0.5, 0.6) is 5.75 Å². The summed E-state index contributed by atoms with van der Waals surface area (Å²) in [7, 11) is -0.863. The number of benzene rings is 2. The van der Waals surface area contributed by atoms with E-state index in [1.54, 1.807) is 38.4 Å². The van der Waals surface area contributed by atoms with Gasteiger partial charge >= 0.3 is 12.1 Å². The van der Waals surface area contributed by atoms with Gasteiger partial charge in [-0.1, -0.05) is 29.8 Å². The predicted octanol–water partition coefficient (Wildman–Crippen LogP) is 2.41. The number of carboxylic acid groups (broad SMARTS) is 1. The minimum atomic E-state index is -3.96. The van der Waals surface area contributed by atoms with E-state index in [1.807, 2.05) is 6.92 Å². The van der Waals surface area contributed by atoms with Crippen molar-refractivity contribution in [3.8, 4) is 5.75 Å². The molecule has 0 spiro atoms. The number of carboxylic acids is 1. The number of nitrogens with zero attached hydrogens (tertiary/aromatic N) is 2. The number of aliphatic carboxylic acids is 1. The zero-order chi connectivity index (χ0) is 26.7. The van der Waals surface area contributed by atoms with E-state index in [0.29, 0.717) is 17.7 Å². The van der Waals surface area contributed by atoms with Gasteiger partial charge in [0, 0.05) is 27.1 Å². The van der Waals surface area contributed by atoms with Crippen molar-refractivity contribution in [2.45, 2.75) is 49.6 Å². The van der Waals surface area contributed by atoms with Crippen molar-refractivity contribution in [1.29, 1.82) is 0 Å². The monoisotopic (exact) mass is 517 g/mol. The van der Waals surface area contributed by atoms with Gasteiger partial charge < -0.3 is 20.1 Å². The maximum absolute atomic E-state index is 13.3. The number of nitrogens with one attached hydrogen (secondary N) is 1. The minimum Gasteiger partial charge on any atom is -0.480 e. The maximum Gasteiger partial charge on any atom is 0.414 e. The highest BCUT2D eigenvalue weighted by atomic mass is 32.2. The number of rotatable bonds is 8. The Morgan fingerprint density at radius 2 is 1.72 bits per heavy atom. The lowest BCUT2D eigenvalue weighted by atomic mass is 9.97. The molecule has 2 amide bonds. The maximum atomic E-state index is 13.3. The molecule has 2 atom stereocenters. The average molecular weight is 518 g/mol. The number of hydrogen-bond acceptors (Lipinski definition) is 6. The highest BCUT2D eigenvalue weighted by Crippen LogP contribution is 2.35. The molecule has 2 N–H and O–H groups in total. The fourth-order valence-corrected chi connectivity index (χ4v) is 5.83. The molecule has 0 bridgehead atoms. The number of hydrogen-bond donors (Lipinski definition) is 2. The molecular formula is C25H31N3O7S. The first-order valence-corrected chi connectivity index (χ1v) is 12.9. The molecule has 0 unspecified atom stereocenters. The van der Waals surface area contributed by atoms with Gasteiger partial charge in [-0.25, -0.2) is 18.0 Å². The van der Waals surface area contributed by atoms with Crippen molar-refractivity contribution in [1.82, 2.24) is 14.5 Å². The van der Waals surface area contributed by atoms with Gasteiger partial charge in [0.15, 0.2) is 0 Å². The average Bonchev–Trinajstić information content (AvgIpc) is 3.23. The summed E-state index contributed by atoms with van der Waals surface area (Å²) >= 11 is 0. The summed E-state index contributed by atoms with van der Waals surface area (Å²) in [6.45, 7) is 3.53. The Morgan fingerprint density at radius 1 is 1.11 bits per heavy atom. The number of sulfonamides is 1. The molecule has 0 saturated carbocycles. The van der Waals surface area contributed by atoms with E-state index in [1.165, 1.54) is 36.1 Å². The van der Waals surface area contributed by atoms with Gasteiger partial charge in [0.25, 0.3) is 0 Å². The smallest absolute Gasteiger partial charge is 0.414 e. The Hall–Kier alpha value is -3.44. The Labute approximate surface area is 210 Å². The molecule has 1 aliphatic rings. The van der Waals surface area contributed by atoms with Crippen LogP contribution in [0.15, 0.2) is 53.4 Å². The van der Waals surface area contributed by atoms with Crippen LogP contribution in [0.25, 0.3) is 0 Å². The quantitative estimate of drug-likeness (QED) is 0.549. The van der Waals surface area contributed by atoms with Crippen LogP contribution in [0.4, 0.5) is 4.79 Å². The van der Waals surface area contributed by atoms with Crippen molar-refractivity contribution in [2.24, 2.45) is 0 Å². The molecule has 11 heteroatoms. The molecule has 0 aromatic heterocycles. The zero-order valence-corrected chi connectivity index (χ0v) is 21.5. The second kappa shape index (κ2) is 10.7. The number of ether oxygens (including phenoxy) is 1. The molecule has 3 rings (SSSR count). The van der Waals surface area contributed by atoms with Crippen LogP contribution in [-0.2, 0) is 26.0 Å². The second-order valence-corrected chi connectivity index (χ2v) is 11.1. The molecule has 2 aromatic carbocycles. The van der Waals surface area contributed by atoms with E-state index in [4.69, 9.17) is 4.74 Å². The van der Waals surface area contributed by atoms with Gasteiger partial charge in [-0.2, -0.15) is 4.31 Å². The summed E-state index contributed by atoms with van der Waals surface area (Å²) in [6.07, 6.45) is 0.152. The predicted molar refractivity (Wildman–Crippen MR) is 132 cm³/mol. The molecule has 10 nitrogen and oxygen atoms in total. The third kappa shape index (κ3) is 5.85. The van der Waals surface area contributed by atoms with Crippen LogP contribution >= 0.6 is 0 Å². The second-order valence-electron chi connectivity index (χ2n) is 9.24. The Kier molecular flexibility index (Phi) is 8.05. The number of carbonyl (C=O) groups is 3. The topological polar surface area (TPSA) is 133 Å². The lowest BCUT2D eigenvalue weighted by molar-refractivity contribution is -0.143. The molecule has 2 aromatic rings. The molecule has 36 heavy (non-hydrogen) atoms. The molecule has 0 radical (unpaired) electrons. The van der Waals surface area contributed by atoms with E-state index in [-0.39, 0.29) is 24.3 Å². The highest BCUT2D eigenvalue weighted by molar-refractivity contribution is 7.89. The summed E-state index contributed by atoms with van der Waals surface area (Å²) in [4.78, 5) is 38.3. The van der Waals surface area contributed by atoms with Gasteiger partial charge in [0.2, 0.25) is 15.9 Å². The summed E-state index contributed by atoms with van der Waals surface area (Å²) in [6, 6.07) is 11.4. The van der Waals surface area contributed by atoms with Crippen molar-refractivity contribution in [3.05, 3.63) is 59.7 Å². The molecule has 1 fully saturated rings. The fourth-order valence-electron chi connectivity index (χ4n) is 4.02. The van der Waals surface area contributed by atoms with Crippen LogP contribution in [0.3, 0.4) is 0 Å². The zero-order valence-electron chi connectivity index (χ0n) is 20.7. The Balaban J connectivity index is 1.75. The standard InChI is InChI=1S/C25H31N3O7S/c1-17-6-12-20(13-7-17)36(33,34)28-15-5-14-25(28,2)23(31)26-21(22(29)30)16-18-8-10-19(11-9-18)35-24(32)27(3)4/h6-13,21H,5,14-16H2,1-4H3,(H,26,31)(H,29,30)/t21-,25-/m0/s1. The van der Waals surface area contributed by atoms with Crippen molar-refractivity contribution in [2.75, 3.05) is 20.6 Å². The SMILES string of the molecule is Cc1ccc(S(=O)(=O)N2CCC[C@@]2(C)C(=O)N[C@@H](Cc2ccc(OC(=O)N(C)C)cc2)C(=O)O)cc1. The first-order valence-electron chi connectivity index (χ1n) is 11.5. The van der Waals surface area contributed by atoms with Gasteiger partial charge in [-0.05, 0) is 56.5 Å². The van der Waals surface area contributed by atoms with Crippen molar-refractivity contribution in [3.63, 3.8) is 0 Å². The first kappa shape index (κ1) is 27.2. The van der Waals surface area contributed by atoms with E-state index >= 15 is 0 Å². The largest absolute Gasteiger partial charge is 0.480 e. The van der Waals surface area contributed by atoms with E-state index in [2.05, 4.69) is 5.32 Å². The van der Waals surface area contributed by atoms with Gasteiger partial charge in [-0.3, -0.25) is 4.79 Å². The Bertz CT molecular complexity index is 1230. The van der Waals surface area contributed by atoms with E-state index < -0.39 is 39.6 Å². The highest BCUT2D eigenvalue weighted by Gasteiger charge is 2.50. The molecule has 0 aliphatic carbocycles. The Morgan fingerprint density at radius 3 is 2.28 bits per heavy atom. The minimum absolute atomic E-state index is 0.0379. The molecular weight excluding hydrogens is 486 g/mol. The third-order valence-corrected chi connectivity index (χ3v) is 8.24. The molecule has 1 saturated heterocycles. The van der Waals surface area contributed by atoms with Crippen LogP contribution in [0.1, 0.15) is 30.9 Å². The van der Waals surface area contributed by atoms with Gasteiger partial charge in [0.05, 0.1) is 4.90 Å². The van der Waals surface area contributed by atoms with Crippen LogP contribution in [0, 0.1) is 6.92 Å². The first-order chi connectivity index (χ1) is 16.8. The van der Waals surface area contributed by atoms with Crippen LogP contribution < -0.4 is 10.1 Å². The molecule has 1 aliphatic heterocycles. The van der Waals surface area contributed by atoms with Gasteiger partial charge in [0.1, 0.15) is 17.3 Å². The number of aryl methyl sites for hydroxylation is 1. The van der Waals surface area contributed by atoms with E-state index in [0.717, 1.165) is 9.87 Å². The van der Waals surface area contributed by atoms with Crippen LogP contribution in [-0.4, -0.2) is 72.9 Å². The third-order valence-electron chi connectivity index (χ3n) is 6.21. The van der Waals surface area contributed by atoms with E-state index in [9.17, 15) is 27.9 Å². The number of amides is 2. The normalized spacial score (nSPS) is 18.9. The lowest BCUT2D eigenvalue weighted by Crippen LogP contribution is -2.58. The lowest BCUT2D eigenvalue weighted by Gasteiger charge is -2.34. The summed E-state index contributed by atoms with van der Waals surface area (Å²) in [5.41, 5.74) is 0.0684. The van der Waals surface area contributed by atoms with Crippen molar-refractivity contribution < 1.29 is 32.6 Å². The summed E-state index contributed by atoms with van der Waals surface area (Å²) < 4.78 is 32.9. The number of carbonyl (C=O) groups excluding carboxylic acids is 2. The molecule has 1 heterocycles. The summed E-state index contributed by atoms with van der Waals surface area (Å²) in [5.74, 6) is -1.62. The van der Waals surface area contributed by atoms with Gasteiger partial charge in [-0.15, -0.1) is 0 Å². The van der Waals surface area contributed by atoms with Crippen LogP contribution in [0.2, 0.25) is 0 Å². The summed E-state index contributed by atoms with van der Waals surface area (Å²) in [5, 5.41) is 12.3. The molecule has 194 valence electrons.